The highest BCUT2D eigenvalue weighted by Gasteiger charge is 2.10. The number of carbonyl (C=O) groups excluding carboxylic acids is 3. The second-order valence-electron chi connectivity index (χ2n) is 5.56. The molecule has 0 aliphatic rings. The molecule has 0 amide bonds. The lowest BCUT2D eigenvalue weighted by Gasteiger charge is -2.06. The fraction of sp³-hybridized carbons (Fsp3) is 0.800. The van der Waals surface area contributed by atoms with Crippen molar-refractivity contribution in [3.63, 3.8) is 0 Å². The quantitative estimate of drug-likeness (QED) is 0.584. The van der Waals surface area contributed by atoms with Crippen molar-refractivity contribution in [2.24, 2.45) is 11.8 Å². The van der Waals surface area contributed by atoms with Crippen molar-refractivity contribution in [1.82, 2.24) is 5.32 Å². The number of hydrogen-bond donors (Lipinski definition) is 1. The third kappa shape index (κ3) is 9.54. The molecule has 0 fully saturated rings. The van der Waals surface area contributed by atoms with Crippen molar-refractivity contribution in [3.8, 4) is 0 Å². The normalized spacial score (nSPS) is 11.1. The summed E-state index contributed by atoms with van der Waals surface area (Å²) in [5, 5.41) is 3.04. The molecule has 1 N–H and O–H groups in total. The summed E-state index contributed by atoms with van der Waals surface area (Å²) < 4.78 is 0. The largest absolute Gasteiger partial charge is 0.310 e. The van der Waals surface area contributed by atoms with Gasteiger partial charge in [0, 0.05) is 31.1 Å². The SMILES string of the molecule is CC(C)C(=O)CCC(=O)CCCNCC(=O)C(C)C. The average Bonchev–Trinajstić information content (AvgIpc) is 2.34. The Morgan fingerprint density at radius 1 is 0.842 bits per heavy atom. The first-order valence-corrected chi connectivity index (χ1v) is 7.12. The van der Waals surface area contributed by atoms with Gasteiger partial charge in [0.05, 0.1) is 6.54 Å². The van der Waals surface area contributed by atoms with E-state index in [1.54, 1.807) is 0 Å². The Balaban J connectivity index is 3.54. The molecule has 0 saturated carbocycles. The van der Waals surface area contributed by atoms with Gasteiger partial charge in [-0.05, 0) is 13.0 Å². The monoisotopic (exact) mass is 269 g/mol. The Morgan fingerprint density at radius 2 is 1.42 bits per heavy atom. The van der Waals surface area contributed by atoms with Crippen molar-refractivity contribution in [1.29, 1.82) is 0 Å². The first-order chi connectivity index (χ1) is 8.84. The molecule has 0 atom stereocenters. The van der Waals surface area contributed by atoms with Crippen LogP contribution in [0.3, 0.4) is 0 Å². The topological polar surface area (TPSA) is 63.2 Å². The lowest BCUT2D eigenvalue weighted by atomic mass is 10.0. The van der Waals surface area contributed by atoms with Crippen LogP contribution < -0.4 is 5.32 Å². The number of carbonyl (C=O) groups is 3. The van der Waals surface area contributed by atoms with Gasteiger partial charge in [-0.15, -0.1) is 0 Å². The molecule has 0 aliphatic heterocycles. The smallest absolute Gasteiger partial charge is 0.149 e. The van der Waals surface area contributed by atoms with Gasteiger partial charge in [0.25, 0.3) is 0 Å². The van der Waals surface area contributed by atoms with E-state index in [1.807, 2.05) is 27.7 Å². The fourth-order valence-corrected chi connectivity index (χ4v) is 1.50. The zero-order valence-corrected chi connectivity index (χ0v) is 12.6. The van der Waals surface area contributed by atoms with E-state index < -0.39 is 0 Å². The number of nitrogens with one attached hydrogen (secondary N) is 1. The molecule has 0 aromatic rings. The van der Waals surface area contributed by atoms with Gasteiger partial charge in [0.1, 0.15) is 17.3 Å². The molecule has 0 saturated heterocycles. The molecule has 4 heteroatoms. The molecular formula is C15H27NO3. The van der Waals surface area contributed by atoms with Crippen molar-refractivity contribution in [3.05, 3.63) is 0 Å². The first-order valence-electron chi connectivity index (χ1n) is 7.12. The highest BCUT2D eigenvalue weighted by molar-refractivity contribution is 5.86. The lowest BCUT2D eigenvalue weighted by Crippen LogP contribution is -2.27. The summed E-state index contributed by atoms with van der Waals surface area (Å²) in [7, 11) is 0. The molecule has 0 aliphatic carbocycles. The molecular weight excluding hydrogens is 242 g/mol. The van der Waals surface area contributed by atoms with Crippen LogP contribution in [0.25, 0.3) is 0 Å². The Hall–Kier alpha value is -1.03. The second kappa shape index (κ2) is 9.84. The summed E-state index contributed by atoms with van der Waals surface area (Å²) in [6, 6.07) is 0. The standard InChI is InChI=1S/C15H27NO3/c1-11(2)14(18)8-7-13(17)6-5-9-16-10-15(19)12(3)4/h11-12,16H,5-10H2,1-4H3. The third-order valence-electron chi connectivity index (χ3n) is 3.05. The predicted molar refractivity (Wildman–Crippen MR) is 76.0 cm³/mol. The summed E-state index contributed by atoms with van der Waals surface area (Å²) in [4.78, 5) is 34.2. The molecule has 4 nitrogen and oxygen atoms in total. The van der Waals surface area contributed by atoms with E-state index in [0.717, 1.165) is 6.42 Å². The molecule has 0 radical (unpaired) electrons. The first kappa shape index (κ1) is 18.0. The number of hydrogen-bond acceptors (Lipinski definition) is 4. The second-order valence-corrected chi connectivity index (χ2v) is 5.56. The van der Waals surface area contributed by atoms with Crippen LogP contribution in [0.2, 0.25) is 0 Å². The minimum absolute atomic E-state index is 0.0107. The van der Waals surface area contributed by atoms with Gasteiger partial charge in [-0.2, -0.15) is 0 Å². The maximum absolute atomic E-state index is 11.5. The van der Waals surface area contributed by atoms with Gasteiger partial charge in [-0.3, -0.25) is 14.4 Å². The zero-order valence-electron chi connectivity index (χ0n) is 12.6. The summed E-state index contributed by atoms with van der Waals surface area (Å²) >= 11 is 0. The van der Waals surface area contributed by atoms with E-state index in [4.69, 9.17) is 0 Å². The van der Waals surface area contributed by atoms with Crippen LogP contribution in [0.4, 0.5) is 0 Å². The Morgan fingerprint density at radius 3 is 1.95 bits per heavy atom. The minimum Gasteiger partial charge on any atom is -0.310 e. The van der Waals surface area contributed by atoms with Gasteiger partial charge in [-0.1, -0.05) is 27.7 Å². The average molecular weight is 269 g/mol. The van der Waals surface area contributed by atoms with Crippen molar-refractivity contribution < 1.29 is 14.4 Å². The molecule has 0 aromatic heterocycles. The molecule has 0 rings (SSSR count). The van der Waals surface area contributed by atoms with Crippen LogP contribution in [-0.2, 0) is 14.4 Å². The zero-order chi connectivity index (χ0) is 14.8. The van der Waals surface area contributed by atoms with Crippen LogP contribution >= 0.6 is 0 Å². The summed E-state index contributed by atoms with van der Waals surface area (Å²) in [5.74, 6) is 0.529. The molecule has 110 valence electrons. The molecule has 0 bridgehead atoms. The summed E-state index contributed by atoms with van der Waals surface area (Å²) in [6.45, 7) is 8.49. The van der Waals surface area contributed by atoms with Crippen molar-refractivity contribution in [2.45, 2.75) is 53.4 Å². The van der Waals surface area contributed by atoms with Crippen molar-refractivity contribution >= 4 is 17.3 Å². The number of rotatable bonds is 11. The highest BCUT2D eigenvalue weighted by atomic mass is 16.1. The highest BCUT2D eigenvalue weighted by Crippen LogP contribution is 2.04. The van der Waals surface area contributed by atoms with E-state index in [2.05, 4.69) is 5.32 Å². The fourth-order valence-electron chi connectivity index (χ4n) is 1.50. The van der Waals surface area contributed by atoms with Crippen LogP contribution in [0.5, 0.6) is 0 Å². The molecule has 19 heavy (non-hydrogen) atoms. The van der Waals surface area contributed by atoms with Crippen LogP contribution in [0.15, 0.2) is 0 Å². The van der Waals surface area contributed by atoms with E-state index in [9.17, 15) is 14.4 Å². The maximum atomic E-state index is 11.5. The van der Waals surface area contributed by atoms with Crippen LogP contribution in [0, 0.1) is 11.8 Å². The predicted octanol–water partition coefficient (Wildman–Crippen LogP) is 2.16. The van der Waals surface area contributed by atoms with Crippen LogP contribution in [-0.4, -0.2) is 30.4 Å². The van der Waals surface area contributed by atoms with Gasteiger partial charge < -0.3 is 5.32 Å². The molecule has 0 spiro atoms. The van der Waals surface area contributed by atoms with Gasteiger partial charge in [0.2, 0.25) is 0 Å². The minimum atomic E-state index is 0.0107. The summed E-state index contributed by atoms with van der Waals surface area (Å²) in [6.07, 6.45) is 1.91. The lowest BCUT2D eigenvalue weighted by molar-refractivity contribution is -0.126. The molecule has 0 unspecified atom stereocenters. The van der Waals surface area contributed by atoms with E-state index in [0.29, 0.717) is 32.4 Å². The Bertz CT molecular complexity index is 309. The van der Waals surface area contributed by atoms with Crippen LogP contribution in [0.1, 0.15) is 53.4 Å². The summed E-state index contributed by atoms with van der Waals surface area (Å²) in [5.41, 5.74) is 0. The van der Waals surface area contributed by atoms with E-state index in [-0.39, 0.29) is 29.2 Å². The van der Waals surface area contributed by atoms with Gasteiger partial charge in [-0.25, -0.2) is 0 Å². The van der Waals surface area contributed by atoms with E-state index in [1.165, 1.54) is 0 Å². The number of ketones is 3. The van der Waals surface area contributed by atoms with E-state index >= 15 is 0 Å². The van der Waals surface area contributed by atoms with Crippen molar-refractivity contribution in [2.75, 3.05) is 13.1 Å². The third-order valence-corrected chi connectivity index (χ3v) is 3.05. The van der Waals surface area contributed by atoms with Gasteiger partial charge >= 0.3 is 0 Å². The molecule has 0 aromatic carbocycles. The molecule has 0 heterocycles. The van der Waals surface area contributed by atoms with Gasteiger partial charge in [0.15, 0.2) is 0 Å². The Labute approximate surface area is 116 Å². The Kier molecular flexibility index (Phi) is 9.31. The number of Topliss-reactive ketones (excluding diaryl/α,β-unsaturated/α-hetero) is 3. The maximum Gasteiger partial charge on any atom is 0.149 e.